The van der Waals surface area contributed by atoms with Gasteiger partial charge in [0.05, 0.1) is 0 Å². The van der Waals surface area contributed by atoms with Crippen LogP contribution in [0, 0.1) is 11.8 Å². The zero-order valence-corrected chi connectivity index (χ0v) is 11.6. The first-order valence-electron chi connectivity index (χ1n) is 7.17. The predicted octanol–water partition coefficient (Wildman–Crippen LogP) is 2.32. The second-order valence-corrected chi connectivity index (χ2v) is 5.35. The van der Waals surface area contributed by atoms with Crippen molar-refractivity contribution >= 4 is 5.91 Å². The van der Waals surface area contributed by atoms with Crippen molar-refractivity contribution in [2.45, 2.75) is 58.9 Å². The molecule has 1 rings (SSSR count). The molecular weight excluding hydrogens is 212 g/mol. The Kier molecular flexibility index (Phi) is 6.56. The van der Waals surface area contributed by atoms with Crippen molar-refractivity contribution in [3.05, 3.63) is 0 Å². The highest BCUT2D eigenvalue weighted by Gasteiger charge is 2.22. The van der Waals surface area contributed by atoms with Crippen LogP contribution in [0.25, 0.3) is 0 Å². The molecule has 0 aromatic carbocycles. The van der Waals surface area contributed by atoms with E-state index in [2.05, 4.69) is 31.4 Å². The highest BCUT2D eigenvalue weighted by Crippen LogP contribution is 2.24. The first kappa shape index (κ1) is 14.5. The summed E-state index contributed by atoms with van der Waals surface area (Å²) in [6.45, 7) is 8.71. The molecule has 100 valence electrons. The Labute approximate surface area is 106 Å². The third kappa shape index (κ3) is 5.07. The van der Waals surface area contributed by atoms with Gasteiger partial charge in [-0.25, -0.2) is 0 Å². The molecule has 1 fully saturated rings. The standard InChI is InChI=1S/C14H28N2O/c1-4-13(5-2)16-14(17)10-11(3)12-6-8-15-9-7-12/h11-13,15H,4-10H2,1-3H3,(H,16,17). The van der Waals surface area contributed by atoms with E-state index < -0.39 is 0 Å². The van der Waals surface area contributed by atoms with Gasteiger partial charge in [0.2, 0.25) is 5.91 Å². The van der Waals surface area contributed by atoms with Crippen molar-refractivity contribution in [1.29, 1.82) is 0 Å². The maximum absolute atomic E-state index is 11.9. The molecule has 0 aliphatic carbocycles. The fourth-order valence-corrected chi connectivity index (χ4v) is 2.65. The van der Waals surface area contributed by atoms with Crippen LogP contribution in [0.1, 0.15) is 52.9 Å². The van der Waals surface area contributed by atoms with E-state index >= 15 is 0 Å². The topological polar surface area (TPSA) is 41.1 Å². The quantitative estimate of drug-likeness (QED) is 0.748. The maximum Gasteiger partial charge on any atom is 0.220 e. The average molecular weight is 240 g/mol. The zero-order chi connectivity index (χ0) is 12.7. The Hall–Kier alpha value is -0.570. The smallest absolute Gasteiger partial charge is 0.220 e. The Morgan fingerprint density at radius 2 is 1.88 bits per heavy atom. The van der Waals surface area contributed by atoms with E-state index in [0.29, 0.717) is 18.4 Å². The fraction of sp³-hybridized carbons (Fsp3) is 0.929. The summed E-state index contributed by atoms with van der Waals surface area (Å²) in [7, 11) is 0. The number of rotatable bonds is 6. The Morgan fingerprint density at radius 1 is 1.29 bits per heavy atom. The zero-order valence-electron chi connectivity index (χ0n) is 11.6. The van der Waals surface area contributed by atoms with Gasteiger partial charge in [-0.3, -0.25) is 4.79 Å². The number of carbonyl (C=O) groups is 1. The lowest BCUT2D eigenvalue weighted by molar-refractivity contribution is -0.123. The van der Waals surface area contributed by atoms with Gasteiger partial charge in [-0.2, -0.15) is 0 Å². The molecule has 0 spiro atoms. The molecule has 1 unspecified atom stereocenters. The molecule has 1 saturated heterocycles. The van der Waals surface area contributed by atoms with Crippen LogP contribution >= 0.6 is 0 Å². The van der Waals surface area contributed by atoms with Crippen LogP contribution in [0.2, 0.25) is 0 Å². The van der Waals surface area contributed by atoms with E-state index in [4.69, 9.17) is 0 Å². The van der Waals surface area contributed by atoms with Gasteiger partial charge in [-0.05, 0) is 50.6 Å². The van der Waals surface area contributed by atoms with Crippen molar-refractivity contribution in [2.75, 3.05) is 13.1 Å². The molecule has 0 aromatic heterocycles. The normalized spacial score (nSPS) is 19.3. The van der Waals surface area contributed by atoms with Gasteiger partial charge in [0.15, 0.2) is 0 Å². The molecule has 17 heavy (non-hydrogen) atoms. The summed E-state index contributed by atoms with van der Waals surface area (Å²) in [5, 5.41) is 6.50. The summed E-state index contributed by atoms with van der Waals surface area (Å²) in [6.07, 6.45) is 5.20. The minimum absolute atomic E-state index is 0.240. The fourth-order valence-electron chi connectivity index (χ4n) is 2.65. The van der Waals surface area contributed by atoms with E-state index in [1.165, 1.54) is 12.8 Å². The molecule has 0 radical (unpaired) electrons. The van der Waals surface area contributed by atoms with Crippen molar-refractivity contribution in [3.63, 3.8) is 0 Å². The van der Waals surface area contributed by atoms with Crippen molar-refractivity contribution in [2.24, 2.45) is 11.8 Å². The second-order valence-electron chi connectivity index (χ2n) is 5.35. The maximum atomic E-state index is 11.9. The molecule has 0 aromatic rings. The van der Waals surface area contributed by atoms with E-state index in [1.807, 2.05) is 0 Å². The number of carbonyl (C=O) groups excluding carboxylic acids is 1. The molecule has 1 aliphatic rings. The van der Waals surface area contributed by atoms with Crippen LogP contribution in [-0.2, 0) is 4.79 Å². The number of nitrogens with one attached hydrogen (secondary N) is 2. The van der Waals surface area contributed by atoms with Crippen LogP contribution in [0.3, 0.4) is 0 Å². The lowest BCUT2D eigenvalue weighted by atomic mass is 9.84. The van der Waals surface area contributed by atoms with E-state index in [0.717, 1.165) is 31.8 Å². The first-order valence-corrected chi connectivity index (χ1v) is 7.17. The largest absolute Gasteiger partial charge is 0.353 e. The Morgan fingerprint density at radius 3 is 2.41 bits per heavy atom. The average Bonchev–Trinajstić information content (AvgIpc) is 2.37. The summed E-state index contributed by atoms with van der Waals surface area (Å²) >= 11 is 0. The van der Waals surface area contributed by atoms with E-state index in [1.54, 1.807) is 0 Å². The molecule has 3 heteroatoms. The minimum Gasteiger partial charge on any atom is -0.353 e. The van der Waals surface area contributed by atoms with Crippen LogP contribution in [0.15, 0.2) is 0 Å². The SMILES string of the molecule is CCC(CC)NC(=O)CC(C)C1CCNCC1. The highest BCUT2D eigenvalue weighted by molar-refractivity contribution is 5.76. The summed E-state index contributed by atoms with van der Waals surface area (Å²) < 4.78 is 0. The predicted molar refractivity (Wildman–Crippen MR) is 71.9 cm³/mol. The minimum atomic E-state index is 0.240. The van der Waals surface area contributed by atoms with Gasteiger partial charge in [0.25, 0.3) is 0 Å². The van der Waals surface area contributed by atoms with Crippen LogP contribution in [0.5, 0.6) is 0 Å². The van der Waals surface area contributed by atoms with Crippen LogP contribution < -0.4 is 10.6 Å². The second kappa shape index (κ2) is 7.70. The number of hydrogen-bond acceptors (Lipinski definition) is 2. The number of hydrogen-bond donors (Lipinski definition) is 2. The molecule has 2 N–H and O–H groups in total. The van der Waals surface area contributed by atoms with Crippen molar-refractivity contribution in [3.8, 4) is 0 Å². The number of amides is 1. The Balaban J connectivity index is 2.29. The van der Waals surface area contributed by atoms with Crippen LogP contribution in [0.4, 0.5) is 0 Å². The summed E-state index contributed by atoms with van der Waals surface area (Å²) in [4.78, 5) is 11.9. The molecule has 3 nitrogen and oxygen atoms in total. The number of piperidine rings is 1. The van der Waals surface area contributed by atoms with Gasteiger partial charge in [0, 0.05) is 12.5 Å². The van der Waals surface area contributed by atoms with E-state index in [-0.39, 0.29) is 5.91 Å². The van der Waals surface area contributed by atoms with Crippen LogP contribution in [-0.4, -0.2) is 25.0 Å². The lowest BCUT2D eigenvalue weighted by Crippen LogP contribution is -2.37. The Bertz CT molecular complexity index is 220. The summed E-state index contributed by atoms with van der Waals surface area (Å²) in [5.74, 6) is 1.49. The molecule has 0 saturated carbocycles. The lowest BCUT2D eigenvalue weighted by Gasteiger charge is -2.28. The van der Waals surface area contributed by atoms with Gasteiger partial charge in [-0.1, -0.05) is 20.8 Å². The molecular formula is C14H28N2O. The van der Waals surface area contributed by atoms with Gasteiger partial charge < -0.3 is 10.6 Å². The third-order valence-electron chi connectivity index (χ3n) is 4.05. The molecule has 1 heterocycles. The van der Waals surface area contributed by atoms with E-state index in [9.17, 15) is 4.79 Å². The van der Waals surface area contributed by atoms with Gasteiger partial charge >= 0.3 is 0 Å². The summed E-state index contributed by atoms with van der Waals surface area (Å²) in [6, 6.07) is 0.364. The highest BCUT2D eigenvalue weighted by atomic mass is 16.1. The van der Waals surface area contributed by atoms with Crippen molar-refractivity contribution in [1.82, 2.24) is 10.6 Å². The molecule has 0 bridgehead atoms. The molecule has 1 atom stereocenters. The van der Waals surface area contributed by atoms with Gasteiger partial charge in [-0.15, -0.1) is 0 Å². The third-order valence-corrected chi connectivity index (χ3v) is 4.05. The monoisotopic (exact) mass is 240 g/mol. The van der Waals surface area contributed by atoms with Crippen molar-refractivity contribution < 1.29 is 4.79 Å². The molecule has 1 aliphatic heterocycles. The molecule has 1 amide bonds. The summed E-state index contributed by atoms with van der Waals surface area (Å²) in [5.41, 5.74) is 0. The first-order chi connectivity index (χ1) is 8.17. The van der Waals surface area contributed by atoms with Gasteiger partial charge in [0.1, 0.15) is 0 Å².